The molecule has 35 heavy (non-hydrogen) atoms. The Hall–Kier alpha value is -2.71. The van der Waals surface area contributed by atoms with E-state index in [1.807, 2.05) is 14.2 Å². The van der Waals surface area contributed by atoms with Crippen LogP contribution in [0.2, 0.25) is 0 Å². The van der Waals surface area contributed by atoms with Crippen LogP contribution in [-0.4, -0.2) is 32.0 Å². The molecule has 2 aromatic carbocycles. The molecule has 4 aromatic rings. The second-order valence-corrected chi connectivity index (χ2v) is 13.8. The molecular weight excluding hydrogens is 566 g/mol. The third-order valence-corrected chi connectivity index (χ3v) is 11.1. The van der Waals surface area contributed by atoms with Crippen LogP contribution in [0.3, 0.4) is 0 Å². The molecule has 7 rings (SSSR count). The summed E-state index contributed by atoms with van der Waals surface area (Å²) >= 11 is 1.20. The molecule has 4 heterocycles. The van der Waals surface area contributed by atoms with Gasteiger partial charge in [0.2, 0.25) is 0 Å². The number of thiophene rings is 1. The molecule has 0 saturated carbocycles. The fourth-order valence-electron chi connectivity index (χ4n) is 6.01. The van der Waals surface area contributed by atoms with Crippen LogP contribution in [0.5, 0.6) is 0 Å². The summed E-state index contributed by atoms with van der Waals surface area (Å²) in [5.41, 5.74) is 8.92. The van der Waals surface area contributed by atoms with Gasteiger partial charge in [0.05, 0.1) is 0 Å². The van der Waals surface area contributed by atoms with Gasteiger partial charge in [-0.05, 0) is 0 Å². The summed E-state index contributed by atoms with van der Waals surface area (Å²) in [6, 6.07) is 17.6. The fourth-order valence-corrected chi connectivity index (χ4v) is 9.60. The van der Waals surface area contributed by atoms with Gasteiger partial charge in [-0.2, -0.15) is 0 Å². The summed E-state index contributed by atoms with van der Waals surface area (Å²) in [6.45, 7) is 9.19. The third kappa shape index (κ3) is 2.67. The van der Waals surface area contributed by atoms with Crippen LogP contribution in [0.4, 0.5) is 16.4 Å². The molecule has 3 aliphatic rings. The Kier molecular flexibility index (Phi) is 4.28. The molecule has 5 heteroatoms. The summed E-state index contributed by atoms with van der Waals surface area (Å²) in [6.07, 6.45) is 1.83. The normalized spacial score (nSPS) is 18.2. The second kappa shape index (κ2) is 6.95. The molecule has 0 amide bonds. The number of carbonyl (C=O) groups is 2. The Morgan fingerprint density at radius 2 is 1.40 bits per heavy atom. The van der Waals surface area contributed by atoms with Gasteiger partial charge in [-0.15, -0.1) is 0 Å². The van der Waals surface area contributed by atoms with Gasteiger partial charge in [0.15, 0.2) is 0 Å². The van der Waals surface area contributed by atoms with Gasteiger partial charge in [0.25, 0.3) is 0 Å². The SMILES string of the molecule is CC1(C)c2ccccc2N2c3sc(C=C4C(=O)c5c[te]cc5C4=O)cc3C(C)(C)c3cccc1c32. The van der Waals surface area contributed by atoms with E-state index >= 15 is 0 Å². The molecule has 172 valence electrons. The summed E-state index contributed by atoms with van der Waals surface area (Å²) in [5, 5.41) is 1.17. The van der Waals surface area contributed by atoms with Crippen molar-refractivity contribution in [1.82, 2.24) is 0 Å². The Bertz CT molecular complexity index is 1620. The first-order chi connectivity index (χ1) is 16.7. The molecule has 0 bridgehead atoms. The maximum absolute atomic E-state index is 13.0. The molecule has 2 aliphatic heterocycles. The van der Waals surface area contributed by atoms with Gasteiger partial charge in [-0.1, -0.05) is 19.9 Å². The van der Waals surface area contributed by atoms with E-state index in [9.17, 15) is 9.59 Å². The molecular formula is C30H23NO2STe. The van der Waals surface area contributed by atoms with Crippen LogP contribution in [-0.2, 0) is 10.8 Å². The Labute approximate surface area is 218 Å². The number of ketones is 2. The number of para-hydroxylation sites is 2. The van der Waals surface area contributed by atoms with E-state index in [-0.39, 0.29) is 22.4 Å². The van der Waals surface area contributed by atoms with E-state index in [4.69, 9.17) is 0 Å². The van der Waals surface area contributed by atoms with Gasteiger partial charge in [-0.3, -0.25) is 0 Å². The average molecular weight is 589 g/mol. The quantitative estimate of drug-likeness (QED) is 0.136. The van der Waals surface area contributed by atoms with Gasteiger partial charge >= 0.3 is 199 Å². The van der Waals surface area contributed by atoms with Crippen molar-refractivity contribution < 1.29 is 9.59 Å². The molecule has 2 aromatic heterocycles. The number of anilines is 3. The number of hydrogen-bond donors (Lipinski definition) is 0. The molecule has 0 unspecified atom stereocenters. The molecule has 0 atom stereocenters. The summed E-state index contributed by atoms with van der Waals surface area (Å²) in [7, 11) is 0. The predicted octanol–water partition coefficient (Wildman–Crippen LogP) is 7.02. The van der Waals surface area contributed by atoms with Crippen molar-refractivity contribution in [2.75, 3.05) is 4.90 Å². The molecule has 0 spiro atoms. The summed E-state index contributed by atoms with van der Waals surface area (Å²) in [5.74, 6) is -0.213. The summed E-state index contributed by atoms with van der Waals surface area (Å²) < 4.78 is 3.99. The van der Waals surface area contributed by atoms with Crippen molar-refractivity contribution in [1.29, 1.82) is 0 Å². The zero-order valence-corrected chi connectivity index (χ0v) is 23.1. The molecule has 0 radical (unpaired) electrons. The zero-order chi connectivity index (χ0) is 24.3. The number of nitrogens with zero attached hydrogens (tertiary/aromatic N) is 1. The Morgan fingerprint density at radius 3 is 2.09 bits per heavy atom. The van der Waals surface area contributed by atoms with Crippen LogP contribution in [0.1, 0.15) is 75.5 Å². The number of carbonyl (C=O) groups excluding carboxylic acids is 2. The minimum atomic E-state index is -0.478. The predicted molar refractivity (Wildman–Crippen MR) is 143 cm³/mol. The van der Waals surface area contributed by atoms with Crippen molar-refractivity contribution in [2.45, 2.75) is 38.5 Å². The van der Waals surface area contributed by atoms with Crippen LogP contribution in [0.25, 0.3) is 6.08 Å². The van der Waals surface area contributed by atoms with E-state index in [1.54, 1.807) is 11.3 Å². The second-order valence-electron chi connectivity index (χ2n) is 10.6. The van der Waals surface area contributed by atoms with Crippen LogP contribution < -0.4 is 4.90 Å². The van der Waals surface area contributed by atoms with Gasteiger partial charge in [0.1, 0.15) is 0 Å². The Morgan fingerprint density at radius 1 is 0.800 bits per heavy atom. The van der Waals surface area contributed by atoms with Crippen molar-refractivity contribution >= 4 is 65.8 Å². The van der Waals surface area contributed by atoms with E-state index < -0.39 is 20.4 Å². The van der Waals surface area contributed by atoms with Crippen molar-refractivity contribution in [3.63, 3.8) is 0 Å². The van der Waals surface area contributed by atoms with Crippen LogP contribution in [0, 0.1) is 0 Å². The molecule has 0 fully saturated rings. The minimum absolute atomic E-state index is 0.106. The first kappa shape index (κ1) is 21.6. The van der Waals surface area contributed by atoms with Gasteiger partial charge in [0, 0.05) is 0 Å². The molecule has 1 aliphatic carbocycles. The average Bonchev–Trinajstić information content (AvgIpc) is 3.54. The van der Waals surface area contributed by atoms with E-state index in [0.717, 1.165) is 4.88 Å². The van der Waals surface area contributed by atoms with Crippen LogP contribution >= 0.6 is 11.3 Å². The van der Waals surface area contributed by atoms with Gasteiger partial charge in [-0.25, -0.2) is 0 Å². The van der Waals surface area contributed by atoms with Crippen molar-refractivity contribution in [2.24, 2.45) is 0 Å². The third-order valence-electron chi connectivity index (χ3n) is 7.96. The van der Waals surface area contributed by atoms with Crippen molar-refractivity contribution in [3.05, 3.63) is 101 Å². The molecule has 0 N–H and O–H groups in total. The molecule has 3 nitrogen and oxygen atoms in total. The van der Waals surface area contributed by atoms with Gasteiger partial charge < -0.3 is 0 Å². The Balaban J connectivity index is 1.47. The van der Waals surface area contributed by atoms with E-state index in [0.29, 0.717) is 16.7 Å². The topological polar surface area (TPSA) is 37.4 Å². The fraction of sp³-hybridized carbons (Fsp3) is 0.200. The van der Waals surface area contributed by atoms with E-state index in [1.165, 1.54) is 38.6 Å². The number of benzene rings is 2. The monoisotopic (exact) mass is 591 g/mol. The first-order valence-corrected chi connectivity index (χ1v) is 15.3. The number of Topliss-reactive ketones (excluding diaryl/α,β-unsaturated/α-hetero) is 2. The number of fused-ring (bicyclic) bond motifs is 5. The number of hydrogen-bond acceptors (Lipinski definition) is 4. The standard InChI is InChI=1S/C30H23NO2STe/c1-29(2)20-8-5-6-11-24(20)31-25-21(29)9-7-10-22(25)30(3,4)23-13-16(34-28(23)31)12-17-26(32)18-14-35-15-19(18)27(17)33/h5-15H,1-4H3. The first-order valence-electron chi connectivity index (χ1n) is 11.8. The number of rotatable bonds is 1. The summed E-state index contributed by atoms with van der Waals surface area (Å²) in [4.78, 5) is 29.3. The van der Waals surface area contributed by atoms with Crippen LogP contribution in [0.15, 0.2) is 62.3 Å². The number of allylic oxidation sites excluding steroid dienone is 1. The maximum atomic E-state index is 13.0. The van der Waals surface area contributed by atoms with Crippen molar-refractivity contribution in [3.8, 4) is 0 Å². The molecule has 0 saturated heterocycles. The zero-order valence-electron chi connectivity index (χ0n) is 19.9. The van der Waals surface area contributed by atoms with E-state index in [2.05, 4.69) is 81.1 Å².